The number of hydrogen-bond donors (Lipinski definition) is 1. The van der Waals surface area contributed by atoms with Crippen LogP contribution < -0.4 is 4.74 Å². The van der Waals surface area contributed by atoms with Gasteiger partial charge in [0.15, 0.2) is 0 Å². The summed E-state index contributed by atoms with van der Waals surface area (Å²) in [6, 6.07) is 7.76. The van der Waals surface area contributed by atoms with Crippen LogP contribution >= 0.6 is 0 Å². The van der Waals surface area contributed by atoms with Gasteiger partial charge in [0.1, 0.15) is 23.5 Å². The topological polar surface area (TPSA) is 75.8 Å². The molecule has 6 nitrogen and oxygen atoms in total. The summed E-state index contributed by atoms with van der Waals surface area (Å²) in [5.74, 6) is 0.741. The number of likely N-dealkylation sites (tertiary alicyclic amines) is 1. The van der Waals surface area contributed by atoms with Crippen LogP contribution in [0.3, 0.4) is 0 Å². The lowest BCUT2D eigenvalue weighted by Gasteiger charge is -2.35. The van der Waals surface area contributed by atoms with Crippen molar-refractivity contribution in [3.63, 3.8) is 0 Å². The molecular formula is C18H20N2O4. The Morgan fingerprint density at radius 2 is 2.21 bits per heavy atom. The molecule has 1 aromatic carbocycles. The average Bonchev–Trinajstić information content (AvgIpc) is 3.11. The molecule has 2 aromatic rings. The van der Waals surface area contributed by atoms with Crippen LogP contribution in [0.4, 0.5) is 0 Å². The molecule has 4 rings (SSSR count). The van der Waals surface area contributed by atoms with E-state index >= 15 is 0 Å². The number of rotatable bonds is 3. The third-order valence-corrected chi connectivity index (χ3v) is 5.38. The maximum atomic E-state index is 12.1. The molecule has 2 aliphatic heterocycles. The molecule has 3 heterocycles. The van der Waals surface area contributed by atoms with Crippen LogP contribution in [0.15, 0.2) is 28.8 Å². The van der Waals surface area contributed by atoms with Crippen LogP contribution in [0.2, 0.25) is 0 Å². The first-order valence-electron chi connectivity index (χ1n) is 8.10. The van der Waals surface area contributed by atoms with Crippen molar-refractivity contribution in [1.29, 1.82) is 0 Å². The van der Waals surface area contributed by atoms with E-state index in [0.717, 1.165) is 28.3 Å². The van der Waals surface area contributed by atoms with Gasteiger partial charge in [-0.2, -0.15) is 0 Å². The van der Waals surface area contributed by atoms with E-state index < -0.39 is 11.4 Å². The van der Waals surface area contributed by atoms with Gasteiger partial charge in [0.05, 0.1) is 5.69 Å². The lowest BCUT2D eigenvalue weighted by molar-refractivity contribution is -0.151. The number of hydrogen-bond acceptors (Lipinski definition) is 5. The summed E-state index contributed by atoms with van der Waals surface area (Å²) in [4.78, 5) is 14.3. The fourth-order valence-corrected chi connectivity index (χ4v) is 4.01. The van der Waals surface area contributed by atoms with Crippen LogP contribution in [0.1, 0.15) is 28.5 Å². The van der Waals surface area contributed by atoms with Crippen molar-refractivity contribution in [3.05, 3.63) is 46.8 Å². The number of aromatic nitrogens is 1. The number of carboxylic acid groups (broad SMARTS) is 1. The van der Waals surface area contributed by atoms with Crippen molar-refractivity contribution in [1.82, 2.24) is 10.1 Å². The van der Waals surface area contributed by atoms with Crippen molar-refractivity contribution >= 4 is 5.97 Å². The molecule has 1 fully saturated rings. The smallest absolute Gasteiger partial charge is 0.315 e. The number of carboxylic acids is 1. The Morgan fingerprint density at radius 1 is 1.42 bits per heavy atom. The van der Waals surface area contributed by atoms with Crippen LogP contribution in [-0.4, -0.2) is 40.8 Å². The minimum absolute atomic E-state index is 0.0691. The second-order valence-electron chi connectivity index (χ2n) is 6.81. The number of fused-ring (bicyclic) bond motifs is 3. The van der Waals surface area contributed by atoms with E-state index in [1.165, 1.54) is 0 Å². The zero-order valence-electron chi connectivity index (χ0n) is 13.8. The monoisotopic (exact) mass is 328 g/mol. The first kappa shape index (κ1) is 15.2. The molecule has 0 radical (unpaired) electrons. The highest BCUT2D eigenvalue weighted by molar-refractivity contribution is 5.78. The van der Waals surface area contributed by atoms with Crippen LogP contribution in [0.25, 0.3) is 0 Å². The van der Waals surface area contributed by atoms with E-state index in [4.69, 9.17) is 9.26 Å². The molecule has 0 bridgehead atoms. The molecule has 1 saturated heterocycles. The van der Waals surface area contributed by atoms with Gasteiger partial charge in [-0.15, -0.1) is 0 Å². The number of para-hydroxylation sites is 1. The van der Waals surface area contributed by atoms with Crippen molar-refractivity contribution in [2.45, 2.75) is 26.3 Å². The van der Waals surface area contributed by atoms with Gasteiger partial charge in [-0.3, -0.25) is 9.69 Å². The van der Waals surface area contributed by atoms with Crippen molar-refractivity contribution in [2.24, 2.45) is 5.41 Å². The molecule has 24 heavy (non-hydrogen) atoms. The van der Waals surface area contributed by atoms with Crippen molar-refractivity contribution in [2.75, 3.05) is 19.7 Å². The highest BCUT2D eigenvalue weighted by Gasteiger charge is 2.56. The standard InChI is InChI=1S/C18H20N2O4/c1-11-14(12(2)24-19-11)7-20-8-15-13-5-3-4-6-16(13)23-10-18(15,9-20)17(21)22/h3-6,15H,7-10H2,1-2H3,(H,21,22)/t15-,18-/m1/s1. The molecule has 0 spiro atoms. The average molecular weight is 328 g/mol. The number of aliphatic carboxylic acids is 1. The predicted molar refractivity (Wildman–Crippen MR) is 86.0 cm³/mol. The van der Waals surface area contributed by atoms with Gasteiger partial charge in [-0.1, -0.05) is 23.4 Å². The zero-order valence-corrected chi connectivity index (χ0v) is 13.8. The molecular weight excluding hydrogens is 308 g/mol. The number of carbonyl (C=O) groups is 1. The summed E-state index contributed by atoms with van der Waals surface area (Å²) < 4.78 is 11.0. The molecule has 126 valence electrons. The van der Waals surface area contributed by atoms with E-state index in [0.29, 0.717) is 19.6 Å². The summed E-state index contributed by atoms with van der Waals surface area (Å²) in [6.07, 6.45) is 0. The van der Waals surface area contributed by atoms with E-state index in [1.54, 1.807) is 0 Å². The first-order valence-corrected chi connectivity index (χ1v) is 8.10. The predicted octanol–water partition coefficient (Wildman–Crippen LogP) is 2.35. The van der Waals surface area contributed by atoms with Crippen LogP contribution in [0, 0.1) is 19.3 Å². The SMILES string of the molecule is Cc1noc(C)c1CN1C[C@@H]2c3ccccc3OC[C@]2(C(=O)O)C1. The minimum Gasteiger partial charge on any atom is -0.492 e. The summed E-state index contributed by atoms with van der Waals surface area (Å²) in [6.45, 7) is 5.82. The molecule has 2 aliphatic rings. The molecule has 0 saturated carbocycles. The Morgan fingerprint density at radius 3 is 2.92 bits per heavy atom. The van der Waals surface area contributed by atoms with Crippen molar-refractivity contribution < 1.29 is 19.2 Å². The van der Waals surface area contributed by atoms with E-state index in [9.17, 15) is 9.90 Å². The quantitative estimate of drug-likeness (QED) is 0.932. The third-order valence-electron chi connectivity index (χ3n) is 5.38. The zero-order chi connectivity index (χ0) is 16.9. The number of ether oxygens (including phenoxy) is 1. The van der Waals surface area contributed by atoms with Gasteiger partial charge in [0.25, 0.3) is 0 Å². The molecule has 0 unspecified atom stereocenters. The molecule has 1 N–H and O–H groups in total. The second-order valence-corrected chi connectivity index (χ2v) is 6.81. The van der Waals surface area contributed by atoms with Gasteiger partial charge < -0.3 is 14.4 Å². The Balaban J connectivity index is 1.68. The van der Waals surface area contributed by atoms with Crippen LogP contribution in [0.5, 0.6) is 5.75 Å². The summed E-state index contributed by atoms with van der Waals surface area (Å²) >= 11 is 0. The first-order chi connectivity index (χ1) is 11.5. The Kier molecular flexibility index (Phi) is 3.38. The highest BCUT2D eigenvalue weighted by Crippen LogP contribution is 2.50. The highest BCUT2D eigenvalue weighted by atomic mass is 16.5. The van der Waals surface area contributed by atoms with Crippen molar-refractivity contribution in [3.8, 4) is 5.75 Å². The summed E-state index contributed by atoms with van der Waals surface area (Å²) in [7, 11) is 0. The van der Waals surface area contributed by atoms with Gasteiger partial charge >= 0.3 is 5.97 Å². The lowest BCUT2D eigenvalue weighted by atomic mass is 9.73. The maximum absolute atomic E-state index is 12.1. The maximum Gasteiger partial charge on any atom is 0.315 e. The molecule has 0 aliphatic carbocycles. The van der Waals surface area contributed by atoms with Gasteiger partial charge in [-0.05, 0) is 25.5 Å². The molecule has 6 heteroatoms. The lowest BCUT2D eigenvalue weighted by Crippen LogP contribution is -2.45. The number of benzene rings is 1. The molecule has 2 atom stereocenters. The number of nitrogens with zero attached hydrogens (tertiary/aromatic N) is 2. The second kappa shape index (κ2) is 5.34. The van der Waals surface area contributed by atoms with Crippen LogP contribution in [-0.2, 0) is 11.3 Å². The summed E-state index contributed by atoms with van der Waals surface area (Å²) in [5.41, 5.74) is 2.01. The van der Waals surface area contributed by atoms with Gasteiger partial charge in [0.2, 0.25) is 0 Å². The Labute approximate surface area is 140 Å². The summed E-state index contributed by atoms with van der Waals surface area (Å²) in [5, 5.41) is 13.9. The van der Waals surface area contributed by atoms with E-state index in [2.05, 4.69) is 10.1 Å². The fraction of sp³-hybridized carbons (Fsp3) is 0.444. The Hall–Kier alpha value is -2.34. The Bertz CT molecular complexity index is 781. The normalized spacial score (nSPS) is 25.8. The number of aryl methyl sites for hydroxylation is 2. The molecule has 1 aromatic heterocycles. The minimum atomic E-state index is -0.896. The third kappa shape index (κ3) is 2.13. The molecule has 0 amide bonds. The van der Waals surface area contributed by atoms with Gasteiger partial charge in [-0.25, -0.2) is 0 Å². The van der Waals surface area contributed by atoms with E-state index in [1.807, 2.05) is 38.1 Å². The largest absolute Gasteiger partial charge is 0.492 e. The van der Waals surface area contributed by atoms with E-state index in [-0.39, 0.29) is 12.5 Å². The fourth-order valence-electron chi connectivity index (χ4n) is 4.01. The van der Waals surface area contributed by atoms with Gasteiger partial charge in [0, 0.05) is 31.1 Å².